The maximum atomic E-state index is 14.5. The highest BCUT2D eigenvalue weighted by molar-refractivity contribution is 7.88. The van der Waals surface area contributed by atoms with Crippen LogP contribution in [-0.4, -0.2) is 55.5 Å². The molecule has 29 heavy (non-hydrogen) atoms. The number of rotatable bonds is 4. The van der Waals surface area contributed by atoms with Crippen LogP contribution in [0.1, 0.15) is 45.4 Å². The first kappa shape index (κ1) is 21.7. The van der Waals surface area contributed by atoms with Crippen LogP contribution in [-0.2, 0) is 19.6 Å². The van der Waals surface area contributed by atoms with E-state index in [1.807, 2.05) is 0 Å². The van der Waals surface area contributed by atoms with Crippen LogP contribution < -0.4 is 10.2 Å². The summed E-state index contributed by atoms with van der Waals surface area (Å²) in [4.78, 5) is 27.4. The van der Waals surface area contributed by atoms with E-state index in [-0.39, 0.29) is 18.3 Å². The van der Waals surface area contributed by atoms with Gasteiger partial charge in [0.1, 0.15) is 11.4 Å². The third kappa shape index (κ3) is 4.61. The number of nitrogens with one attached hydrogen (secondary N) is 1. The second kappa shape index (κ2) is 8.39. The Hall–Kier alpha value is -2.00. The number of nitrogens with zero attached hydrogens (tertiary/aromatic N) is 2. The molecule has 0 radical (unpaired) electrons. The van der Waals surface area contributed by atoms with Gasteiger partial charge < -0.3 is 5.32 Å². The lowest BCUT2D eigenvalue weighted by atomic mass is 9.93. The molecule has 0 spiro atoms. The van der Waals surface area contributed by atoms with Crippen LogP contribution >= 0.6 is 0 Å². The van der Waals surface area contributed by atoms with Gasteiger partial charge >= 0.3 is 0 Å². The number of sulfonamides is 1. The van der Waals surface area contributed by atoms with Gasteiger partial charge in [-0.05, 0) is 31.9 Å². The van der Waals surface area contributed by atoms with Gasteiger partial charge in [0.25, 0.3) is 0 Å². The van der Waals surface area contributed by atoms with E-state index < -0.39 is 39.7 Å². The van der Waals surface area contributed by atoms with E-state index in [0.29, 0.717) is 0 Å². The zero-order valence-corrected chi connectivity index (χ0v) is 17.7. The second-order valence-electron chi connectivity index (χ2n) is 8.15. The predicted molar refractivity (Wildman–Crippen MR) is 108 cm³/mol. The number of carbonyl (C=O) groups excluding carboxylic acids is 2. The minimum Gasteiger partial charge on any atom is -0.351 e. The first-order valence-electron chi connectivity index (χ1n) is 9.96. The zero-order valence-electron chi connectivity index (χ0n) is 16.9. The molecule has 1 aromatic rings. The van der Waals surface area contributed by atoms with E-state index in [1.165, 1.54) is 25.1 Å². The lowest BCUT2D eigenvalue weighted by Crippen LogP contribution is -2.70. The molecule has 2 amide bonds. The Kier molecular flexibility index (Phi) is 6.28. The van der Waals surface area contributed by atoms with Gasteiger partial charge in [-0.2, -0.15) is 4.31 Å². The van der Waals surface area contributed by atoms with Crippen LogP contribution in [0.5, 0.6) is 0 Å². The largest absolute Gasteiger partial charge is 0.351 e. The molecular weight excluding hydrogens is 397 g/mol. The summed E-state index contributed by atoms with van der Waals surface area (Å²) in [5.74, 6) is -1.73. The molecule has 1 unspecified atom stereocenters. The number of anilines is 1. The van der Waals surface area contributed by atoms with E-state index in [2.05, 4.69) is 5.32 Å². The molecule has 160 valence electrons. The van der Waals surface area contributed by atoms with Gasteiger partial charge in [0.15, 0.2) is 0 Å². The Balaban J connectivity index is 1.98. The topological polar surface area (TPSA) is 86.8 Å². The van der Waals surface area contributed by atoms with Crippen molar-refractivity contribution in [2.45, 2.75) is 57.0 Å². The minimum atomic E-state index is -3.71. The molecule has 1 aliphatic carbocycles. The zero-order chi connectivity index (χ0) is 21.2. The van der Waals surface area contributed by atoms with Crippen LogP contribution in [0.3, 0.4) is 0 Å². The summed E-state index contributed by atoms with van der Waals surface area (Å²) in [6.45, 7) is 0.838. The highest BCUT2D eigenvalue weighted by Crippen LogP contribution is 2.32. The Morgan fingerprint density at radius 2 is 1.79 bits per heavy atom. The summed E-state index contributed by atoms with van der Waals surface area (Å²) in [7, 11) is -3.71. The van der Waals surface area contributed by atoms with Crippen molar-refractivity contribution >= 4 is 27.5 Å². The maximum Gasteiger partial charge on any atom is 0.247 e. The van der Waals surface area contributed by atoms with Crippen molar-refractivity contribution < 1.29 is 22.4 Å². The van der Waals surface area contributed by atoms with Crippen molar-refractivity contribution in [3.63, 3.8) is 0 Å². The molecule has 0 aromatic heterocycles. The Morgan fingerprint density at radius 1 is 1.17 bits per heavy atom. The lowest BCUT2D eigenvalue weighted by molar-refractivity contribution is -0.133. The molecule has 3 rings (SSSR count). The van der Waals surface area contributed by atoms with Crippen LogP contribution in [0.15, 0.2) is 24.3 Å². The summed E-state index contributed by atoms with van der Waals surface area (Å²) in [6.07, 6.45) is 6.93. The number of para-hydroxylation sites is 1. The average molecular weight is 426 g/mol. The fourth-order valence-electron chi connectivity index (χ4n) is 4.17. The smallest absolute Gasteiger partial charge is 0.247 e. The normalized spacial score (nSPS) is 24.9. The quantitative estimate of drug-likeness (QED) is 0.748. The molecule has 1 aromatic carbocycles. The van der Waals surface area contributed by atoms with Crippen LogP contribution in [0.4, 0.5) is 10.1 Å². The fourth-order valence-corrected chi connectivity index (χ4v) is 5.00. The first-order valence-corrected chi connectivity index (χ1v) is 11.8. The number of carbonyl (C=O) groups is 2. The molecule has 9 heteroatoms. The SMILES string of the molecule is CC1(C(=O)NC2CCCCCC2)CN(S(C)(=O)=O)CC(=O)N1c1ccccc1F. The van der Waals surface area contributed by atoms with Gasteiger partial charge in [0, 0.05) is 12.6 Å². The van der Waals surface area contributed by atoms with Gasteiger partial charge in [-0.15, -0.1) is 0 Å². The van der Waals surface area contributed by atoms with E-state index >= 15 is 0 Å². The molecule has 2 aliphatic rings. The molecule has 1 heterocycles. The van der Waals surface area contributed by atoms with E-state index in [4.69, 9.17) is 0 Å². The predicted octanol–water partition coefficient (Wildman–Crippen LogP) is 2.03. The molecule has 7 nitrogen and oxygen atoms in total. The fraction of sp³-hybridized carbons (Fsp3) is 0.600. The summed E-state index contributed by atoms with van der Waals surface area (Å²) in [5.41, 5.74) is -1.59. The van der Waals surface area contributed by atoms with Gasteiger partial charge in [-0.3, -0.25) is 14.5 Å². The van der Waals surface area contributed by atoms with E-state index in [9.17, 15) is 22.4 Å². The molecule has 1 N–H and O–H groups in total. The van der Waals surface area contributed by atoms with Crippen LogP contribution in [0, 0.1) is 5.82 Å². The summed E-state index contributed by atoms with van der Waals surface area (Å²) in [6, 6.07) is 5.69. The average Bonchev–Trinajstić information content (AvgIpc) is 2.90. The van der Waals surface area contributed by atoms with Crippen molar-refractivity contribution in [1.29, 1.82) is 0 Å². The highest BCUT2D eigenvalue weighted by Gasteiger charge is 2.51. The Bertz CT molecular complexity index is 883. The summed E-state index contributed by atoms with van der Waals surface area (Å²) < 4.78 is 39.8. The van der Waals surface area contributed by atoms with Crippen LogP contribution in [0.25, 0.3) is 0 Å². The number of hydrogen-bond acceptors (Lipinski definition) is 4. The molecule has 1 atom stereocenters. The van der Waals surface area contributed by atoms with Crippen LogP contribution in [0.2, 0.25) is 0 Å². The molecule has 1 saturated heterocycles. The third-order valence-corrected chi connectivity index (χ3v) is 6.98. The van der Waals surface area contributed by atoms with Gasteiger partial charge in [0.2, 0.25) is 21.8 Å². The van der Waals surface area contributed by atoms with Crippen molar-refractivity contribution in [3.8, 4) is 0 Å². The number of hydrogen-bond donors (Lipinski definition) is 1. The third-order valence-electron chi connectivity index (χ3n) is 5.78. The van der Waals surface area contributed by atoms with E-state index in [1.54, 1.807) is 6.07 Å². The van der Waals surface area contributed by atoms with Gasteiger partial charge in [0.05, 0.1) is 18.5 Å². The Morgan fingerprint density at radius 3 is 2.38 bits per heavy atom. The number of piperazine rings is 1. The Labute approximate surface area is 171 Å². The maximum absolute atomic E-state index is 14.5. The molecule has 1 saturated carbocycles. The molecule has 0 bridgehead atoms. The van der Waals surface area contributed by atoms with E-state index in [0.717, 1.165) is 54.0 Å². The summed E-state index contributed by atoms with van der Waals surface area (Å²) in [5, 5.41) is 3.00. The molecule has 1 aliphatic heterocycles. The van der Waals surface area contributed by atoms with Crippen molar-refractivity contribution in [2.75, 3.05) is 24.2 Å². The lowest BCUT2D eigenvalue weighted by Gasteiger charge is -2.46. The number of amides is 2. The highest BCUT2D eigenvalue weighted by atomic mass is 32.2. The number of benzene rings is 1. The monoisotopic (exact) mass is 425 g/mol. The number of halogens is 1. The first-order chi connectivity index (χ1) is 13.6. The second-order valence-corrected chi connectivity index (χ2v) is 10.1. The van der Waals surface area contributed by atoms with Crippen molar-refractivity contribution in [3.05, 3.63) is 30.1 Å². The van der Waals surface area contributed by atoms with Crippen molar-refractivity contribution in [1.82, 2.24) is 9.62 Å². The van der Waals surface area contributed by atoms with Gasteiger partial charge in [-0.1, -0.05) is 37.8 Å². The standard InChI is InChI=1S/C20H28FN3O4S/c1-20(19(26)22-15-9-5-3-4-6-10-15)14-23(29(2,27)28)13-18(25)24(20)17-12-8-7-11-16(17)21/h7-8,11-12,15H,3-6,9-10,13-14H2,1-2H3,(H,22,26). The summed E-state index contributed by atoms with van der Waals surface area (Å²) >= 11 is 0. The molecule has 2 fully saturated rings. The minimum absolute atomic E-state index is 0.0239. The van der Waals surface area contributed by atoms with Crippen molar-refractivity contribution in [2.24, 2.45) is 0 Å². The van der Waals surface area contributed by atoms with Gasteiger partial charge in [-0.25, -0.2) is 12.8 Å². The molecular formula is C20H28FN3O4S.